The van der Waals surface area contributed by atoms with Gasteiger partial charge in [-0.05, 0) is 18.1 Å². The van der Waals surface area contributed by atoms with Crippen LogP contribution in [-0.2, 0) is 0 Å². The Labute approximate surface area is 113 Å². The van der Waals surface area contributed by atoms with E-state index in [2.05, 4.69) is 10.3 Å². The number of hydrogen-bond acceptors (Lipinski definition) is 3. The topological polar surface area (TPSA) is 68.0 Å². The molecule has 1 aromatic carbocycles. The van der Waals surface area contributed by atoms with E-state index >= 15 is 0 Å². The SMILES string of the molecule is CC(C)C(N)CNC(=O)c1cccc2cccnc12. The van der Waals surface area contributed by atoms with Crippen LogP contribution >= 0.6 is 0 Å². The highest BCUT2D eigenvalue weighted by molar-refractivity contribution is 6.05. The minimum absolute atomic E-state index is 0.0353. The van der Waals surface area contributed by atoms with Crippen LogP contribution < -0.4 is 11.1 Å². The largest absolute Gasteiger partial charge is 0.350 e. The normalized spacial score (nSPS) is 12.6. The van der Waals surface area contributed by atoms with E-state index in [4.69, 9.17) is 5.73 Å². The van der Waals surface area contributed by atoms with Crippen LogP contribution in [0.25, 0.3) is 10.9 Å². The van der Waals surface area contributed by atoms with Crippen molar-refractivity contribution in [2.45, 2.75) is 19.9 Å². The van der Waals surface area contributed by atoms with E-state index in [1.54, 1.807) is 12.3 Å². The van der Waals surface area contributed by atoms with Crippen molar-refractivity contribution in [1.82, 2.24) is 10.3 Å². The summed E-state index contributed by atoms with van der Waals surface area (Å²) in [5.41, 5.74) is 7.24. The van der Waals surface area contributed by atoms with Crippen molar-refractivity contribution in [3.05, 3.63) is 42.1 Å². The Morgan fingerprint density at radius 3 is 2.79 bits per heavy atom. The van der Waals surface area contributed by atoms with E-state index in [0.29, 0.717) is 18.0 Å². The van der Waals surface area contributed by atoms with Gasteiger partial charge < -0.3 is 11.1 Å². The molecule has 19 heavy (non-hydrogen) atoms. The first-order valence-electron chi connectivity index (χ1n) is 6.47. The molecule has 100 valence electrons. The summed E-state index contributed by atoms with van der Waals surface area (Å²) in [6.45, 7) is 4.55. The summed E-state index contributed by atoms with van der Waals surface area (Å²) in [6, 6.07) is 9.36. The van der Waals surface area contributed by atoms with Crippen LogP contribution in [0.2, 0.25) is 0 Å². The monoisotopic (exact) mass is 257 g/mol. The first kappa shape index (κ1) is 13.5. The number of aromatic nitrogens is 1. The van der Waals surface area contributed by atoms with Gasteiger partial charge in [0.05, 0.1) is 11.1 Å². The van der Waals surface area contributed by atoms with E-state index in [1.807, 2.05) is 38.1 Å². The van der Waals surface area contributed by atoms with Crippen molar-refractivity contribution in [2.24, 2.45) is 11.7 Å². The maximum atomic E-state index is 12.2. The number of rotatable bonds is 4. The number of amides is 1. The molecule has 1 heterocycles. The van der Waals surface area contributed by atoms with E-state index in [9.17, 15) is 4.79 Å². The van der Waals surface area contributed by atoms with Crippen LogP contribution in [0.15, 0.2) is 36.5 Å². The van der Waals surface area contributed by atoms with Gasteiger partial charge in [0.15, 0.2) is 0 Å². The number of para-hydroxylation sites is 1. The van der Waals surface area contributed by atoms with E-state index in [-0.39, 0.29) is 11.9 Å². The van der Waals surface area contributed by atoms with Crippen LogP contribution in [0.3, 0.4) is 0 Å². The molecule has 1 aromatic heterocycles. The van der Waals surface area contributed by atoms with Crippen LogP contribution in [0.1, 0.15) is 24.2 Å². The van der Waals surface area contributed by atoms with Crippen LogP contribution in [-0.4, -0.2) is 23.5 Å². The van der Waals surface area contributed by atoms with Gasteiger partial charge in [-0.1, -0.05) is 32.0 Å². The van der Waals surface area contributed by atoms with Gasteiger partial charge in [0.2, 0.25) is 0 Å². The summed E-state index contributed by atoms with van der Waals surface area (Å²) in [6.07, 6.45) is 1.69. The molecule has 0 spiro atoms. The van der Waals surface area contributed by atoms with Gasteiger partial charge in [-0.15, -0.1) is 0 Å². The molecule has 0 saturated carbocycles. The highest BCUT2D eigenvalue weighted by Gasteiger charge is 2.13. The quantitative estimate of drug-likeness (QED) is 0.879. The van der Waals surface area contributed by atoms with Gasteiger partial charge in [-0.25, -0.2) is 0 Å². The molecule has 1 amide bonds. The Morgan fingerprint density at radius 2 is 2.05 bits per heavy atom. The predicted molar refractivity (Wildman–Crippen MR) is 76.9 cm³/mol. The number of nitrogens with two attached hydrogens (primary N) is 1. The minimum Gasteiger partial charge on any atom is -0.350 e. The third-order valence-electron chi connectivity index (χ3n) is 3.23. The van der Waals surface area contributed by atoms with E-state index in [1.165, 1.54) is 0 Å². The molecule has 0 aliphatic carbocycles. The maximum Gasteiger partial charge on any atom is 0.253 e. The number of pyridine rings is 1. The first-order valence-corrected chi connectivity index (χ1v) is 6.47. The number of hydrogen-bond donors (Lipinski definition) is 2. The van der Waals surface area contributed by atoms with Crippen molar-refractivity contribution in [2.75, 3.05) is 6.54 Å². The molecule has 4 heteroatoms. The Morgan fingerprint density at radius 1 is 1.32 bits per heavy atom. The van der Waals surface area contributed by atoms with Crippen LogP contribution in [0.4, 0.5) is 0 Å². The summed E-state index contributed by atoms with van der Waals surface area (Å²) in [4.78, 5) is 16.5. The van der Waals surface area contributed by atoms with Gasteiger partial charge in [0.1, 0.15) is 0 Å². The fourth-order valence-electron chi connectivity index (χ4n) is 1.83. The number of carbonyl (C=O) groups is 1. The summed E-state index contributed by atoms with van der Waals surface area (Å²) in [7, 11) is 0. The minimum atomic E-state index is -0.125. The average Bonchev–Trinajstić information content (AvgIpc) is 2.43. The molecule has 1 atom stereocenters. The first-order chi connectivity index (χ1) is 9.09. The van der Waals surface area contributed by atoms with Crippen LogP contribution in [0.5, 0.6) is 0 Å². The Bertz CT molecular complexity index is 575. The van der Waals surface area contributed by atoms with Crippen molar-refractivity contribution in [3.8, 4) is 0 Å². The summed E-state index contributed by atoms with van der Waals surface area (Å²) >= 11 is 0. The van der Waals surface area contributed by atoms with Gasteiger partial charge >= 0.3 is 0 Å². The van der Waals surface area contributed by atoms with Gasteiger partial charge in [-0.2, -0.15) is 0 Å². The Kier molecular flexibility index (Phi) is 4.12. The molecule has 0 fully saturated rings. The predicted octanol–water partition coefficient (Wildman–Crippen LogP) is 1.95. The fraction of sp³-hybridized carbons (Fsp3) is 0.333. The zero-order valence-corrected chi connectivity index (χ0v) is 11.3. The molecule has 4 nitrogen and oxygen atoms in total. The fourth-order valence-corrected chi connectivity index (χ4v) is 1.83. The summed E-state index contributed by atoms with van der Waals surface area (Å²) in [5, 5.41) is 3.83. The molecule has 0 radical (unpaired) electrons. The average molecular weight is 257 g/mol. The Balaban J connectivity index is 2.18. The van der Waals surface area contributed by atoms with Crippen molar-refractivity contribution in [1.29, 1.82) is 0 Å². The number of benzene rings is 1. The number of carbonyl (C=O) groups excluding carboxylic acids is 1. The molecule has 2 aromatic rings. The Hall–Kier alpha value is -1.94. The van der Waals surface area contributed by atoms with Crippen LogP contribution in [0, 0.1) is 5.92 Å². The standard InChI is InChI=1S/C15H19N3O/c1-10(2)13(16)9-18-15(19)12-7-3-5-11-6-4-8-17-14(11)12/h3-8,10,13H,9,16H2,1-2H3,(H,18,19). The lowest BCUT2D eigenvalue weighted by Crippen LogP contribution is -2.40. The smallest absolute Gasteiger partial charge is 0.253 e. The van der Waals surface area contributed by atoms with Gasteiger partial charge in [0.25, 0.3) is 5.91 Å². The third-order valence-corrected chi connectivity index (χ3v) is 3.23. The molecule has 3 N–H and O–H groups in total. The molecule has 0 aliphatic heterocycles. The second-order valence-electron chi connectivity index (χ2n) is 5.00. The summed E-state index contributed by atoms with van der Waals surface area (Å²) < 4.78 is 0. The highest BCUT2D eigenvalue weighted by atomic mass is 16.1. The zero-order valence-electron chi connectivity index (χ0n) is 11.3. The molecular formula is C15H19N3O. The molecule has 2 rings (SSSR count). The lowest BCUT2D eigenvalue weighted by atomic mass is 10.1. The van der Waals surface area contributed by atoms with Gasteiger partial charge in [0, 0.05) is 24.2 Å². The van der Waals surface area contributed by atoms with Crippen molar-refractivity contribution >= 4 is 16.8 Å². The molecule has 0 aliphatic rings. The molecule has 0 bridgehead atoms. The van der Waals surface area contributed by atoms with E-state index < -0.39 is 0 Å². The maximum absolute atomic E-state index is 12.2. The lowest BCUT2D eigenvalue weighted by molar-refractivity contribution is 0.0950. The van der Waals surface area contributed by atoms with Crippen molar-refractivity contribution < 1.29 is 4.79 Å². The highest BCUT2D eigenvalue weighted by Crippen LogP contribution is 2.15. The zero-order chi connectivity index (χ0) is 13.8. The lowest BCUT2D eigenvalue weighted by Gasteiger charge is -2.16. The number of nitrogens with one attached hydrogen (secondary N) is 1. The molecule has 1 unspecified atom stereocenters. The number of fused-ring (bicyclic) bond motifs is 1. The summed E-state index contributed by atoms with van der Waals surface area (Å²) in [5.74, 6) is 0.214. The molecular weight excluding hydrogens is 238 g/mol. The third kappa shape index (κ3) is 3.09. The number of nitrogens with zero attached hydrogens (tertiary/aromatic N) is 1. The van der Waals surface area contributed by atoms with Crippen molar-refractivity contribution in [3.63, 3.8) is 0 Å². The van der Waals surface area contributed by atoms with E-state index in [0.717, 1.165) is 10.9 Å². The second-order valence-corrected chi connectivity index (χ2v) is 5.00. The van der Waals surface area contributed by atoms with Gasteiger partial charge in [-0.3, -0.25) is 9.78 Å². The second kappa shape index (κ2) is 5.80. The molecule has 0 saturated heterocycles.